The Kier molecular flexibility index (Phi) is 3.13. The van der Waals surface area contributed by atoms with E-state index in [9.17, 15) is 9.59 Å². The normalized spacial score (nSPS) is 9.38. The molecule has 1 amide bonds. The van der Waals surface area contributed by atoms with Gasteiger partial charge in [0.1, 0.15) is 4.60 Å². The number of nitrogens with one attached hydrogen (secondary N) is 1. The zero-order chi connectivity index (χ0) is 9.84. The number of hydrogen-bond donors (Lipinski definition) is 1. The topological polar surface area (TPSA) is 59.1 Å². The van der Waals surface area contributed by atoms with E-state index < -0.39 is 11.7 Å². The summed E-state index contributed by atoms with van der Waals surface area (Å²) in [4.78, 5) is 25.4. The Morgan fingerprint density at radius 1 is 1.54 bits per heavy atom. The zero-order valence-corrected chi connectivity index (χ0v) is 8.46. The van der Waals surface area contributed by atoms with Crippen molar-refractivity contribution in [2.45, 2.75) is 6.92 Å². The lowest BCUT2D eigenvalue weighted by Crippen LogP contribution is -2.19. The second-order valence-corrected chi connectivity index (χ2v) is 3.19. The smallest absolute Gasteiger partial charge is 0.291 e. The molecule has 0 aliphatic rings. The van der Waals surface area contributed by atoms with Crippen molar-refractivity contribution in [2.75, 3.05) is 5.32 Å². The molecule has 1 aromatic heterocycles. The summed E-state index contributed by atoms with van der Waals surface area (Å²) in [6.45, 7) is 1.21. The fourth-order valence-electron chi connectivity index (χ4n) is 0.699. The van der Waals surface area contributed by atoms with Gasteiger partial charge in [-0.15, -0.1) is 0 Å². The van der Waals surface area contributed by atoms with Crippen molar-refractivity contribution in [1.82, 2.24) is 4.98 Å². The molecule has 13 heavy (non-hydrogen) atoms. The predicted octanol–water partition coefficient (Wildman–Crippen LogP) is 1.37. The number of nitrogens with zero attached hydrogens (tertiary/aromatic N) is 1. The Balaban J connectivity index is 2.75. The molecule has 0 bridgehead atoms. The lowest BCUT2D eigenvalue weighted by molar-refractivity contribution is -0.133. The van der Waals surface area contributed by atoms with E-state index in [0.29, 0.717) is 10.3 Å². The van der Waals surface area contributed by atoms with Crippen molar-refractivity contribution in [1.29, 1.82) is 0 Å². The van der Waals surface area contributed by atoms with E-state index in [0.717, 1.165) is 0 Å². The Hall–Kier alpha value is -1.23. The van der Waals surface area contributed by atoms with Crippen LogP contribution in [0.2, 0.25) is 0 Å². The van der Waals surface area contributed by atoms with Crippen LogP contribution in [0.4, 0.5) is 5.69 Å². The van der Waals surface area contributed by atoms with Crippen molar-refractivity contribution < 1.29 is 9.59 Å². The number of carbonyl (C=O) groups excluding carboxylic acids is 2. The Morgan fingerprint density at radius 2 is 2.23 bits per heavy atom. The second-order valence-electron chi connectivity index (χ2n) is 2.38. The van der Waals surface area contributed by atoms with Gasteiger partial charge in [-0.05, 0) is 28.1 Å². The van der Waals surface area contributed by atoms with Crippen LogP contribution >= 0.6 is 15.9 Å². The molecule has 0 saturated carbocycles. The molecule has 0 unspecified atom stereocenters. The molecule has 0 saturated heterocycles. The van der Waals surface area contributed by atoms with Crippen LogP contribution in [0.25, 0.3) is 0 Å². The van der Waals surface area contributed by atoms with Crippen molar-refractivity contribution in [3.63, 3.8) is 0 Å². The molecule has 0 aliphatic carbocycles. The number of rotatable bonds is 2. The van der Waals surface area contributed by atoms with Gasteiger partial charge < -0.3 is 5.32 Å². The number of hydrogen-bond acceptors (Lipinski definition) is 3. The minimum absolute atomic E-state index is 0.520. The van der Waals surface area contributed by atoms with Crippen LogP contribution < -0.4 is 5.32 Å². The third kappa shape index (κ3) is 2.95. The monoisotopic (exact) mass is 242 g/mol. The fraction of sp³-hybridized carbons (Fsp3) is 0.125. The minimum atomic E-state index is -0.627. The molecule has 0 spiro atoms. The summed E-state index contributed by atoms with van der Waals surface area (Å²) in [7, 11) is 0. The quantitative estimate of drug-likeness (QED) is 0.630. The number of carbonyl (C=O) groups is 2. The Labute approximate surface area is 83.5 Å². The standard InChI is InChI=1S/C8H7BrN2O2/c1-5(12)8(13)11-6-2-3-10-7(9)4-6/h2-4H,1H3,(H,10,11,13). The summed E-state index contributed by atoms with van der Waals surface area (Å²) in [5.74, 6) is -1.15. The SMILES string of the molecule is CC(=O)C(=O)Nc1ccnc(Br)c1. The number of aromatic nitrogens is 1. The number of halogens is 1. The third-order valence-electron chi connectivity index (χ3n) is 1.30. The highest BCUT2D eigenvalue weighted by Crippen LogP contribution is 2.12. The highest BCUT2D eigenvalue weighted by molar-refractivity contribution is 9.10. The van der Waals surface area contributed by atoms with E-state index in [1.807, 2.05) is 0 Å². The van der Waals surface area contributed by atoms with E-state index >= 15 is 0 Å². The molecular weight excluding hydrogens is 236 g/mol. The minimum Gasteiger partial charge on any atom is -0.319 e. The van der Waals surface area contributed by atoms with Crippen molar-refractivity contribution in [3.05, 3.63) is 22.9 Å². The number of anilines is 1. The van der Waals surface area contributed by atoms with Gasteiger partial charge in [0.2, 0.25) is 5.78 Å². The van der Waals surface area contributed by atoms with Crippen LogP contribution in [0, 0.1) is 0 Å². The highest BCUT2D eigenvalue weighted by atomic mass is 79.9. The molecule has 0 radical (unpaired) electrons. The molecule has 0 aliphatic heterocycles. The average Bonchev–Trinajstić information content (AvgIpc) is 2.04. The van der Waals surface area contributed by atoms with E-state index in [1.165, 1.54) is 13.1 Å². The largest absolute Gasteiger partial charge is 0.319 e. The molecule has 1 N–H and O–H groups in total. The van der Waals surface area contributed by atoms with Gasteiger partial charge in [-0.25, -0.2) is 4.98 Å². The van der Waals surface area contributed by atoms with Crippen LogP contribution in [0.5, 0.6) is 0 Å². The Bertz CT molecular complexity index is 352. The van der Waals surface area contributed by atoms with Gasteiger partial charge in [-0.1, -0.05) is 0 Å². The van der Waals surface area contributed by atoms with Gasteiger partial charge in [0.25, 0.3) is 5.91 Å². The van der Waals surface area contributed by atoms with E-state index in [2.05, 4.69) is 26.2 Å². The maximum absolute atomic E-state index is 10.9. The van der Waals surface area contributed by atoms with Gasteiger partial charge in [0.15, 0.2) is 0 Å². The third-order valence-corrected chi connectivity index (χ3v) is 1.74. The van der Waals surface area contributed by atoms with Gasteiger partial charge in [0, 0.05) is 18.8 Å². The summed E-state index contributed by atoms with van der Waals surface area (Å²) < 4.78 is 0.605. The number of pyridine rings is 1. The summed E-state index contributed by atoms with van der Waals surface area (Å²) in [6.07, 6.45) is 1.53. The van der Waals surface area contributed by atoms with Gasteiger partial charge >= 0.3 is 0 Å². The molecule has 1 aromatic rings. The first-order chi connectivity index (χ1) is 6.09. The molecular formula is C8H7BrN2O2. The van der Waals surface area contributed by atoms with Crippen LogP contribution in [0.1, 0.15) is 6.92 Å². The molecule has 0 aromatic carbocycles. The molecule has 1 rings (SSSR count). The molecule has 5 heteroatoms. The first-order valence-electron chi connectivity index (χ1n) is 3.53. The fourth-order valence-corrected chi connectivity index (χ4v) is 1.06. The van der Waals surface area contributed by atoms with Gasteiger partial charge in [-0.3, -0.25) is 9.59 Å². The van der Waals surface area contributed by atoms with Crippen molar-refractivity contribution in [2.24, 2.45) is 0 Å². The summed E-state index contributed by atoms with van der Waals surface area (Å²) in [5, 5.41) is 2.42. The number of amides is 1. The maximum atomic E-state index is 10.9. The lowest BCUT2D eigenvalue weighted by atomic mass is 10.3. The van der Waals surface area contributed by atoms with E-state index in [-0.39, 0.29) is 0 Å². The molecule has 1 heterocycles. The highest BCUT2D eigenvalue weighted by Gasteiger charge is 2.07. The zero-order valence-electron chi connectivity index (χ0n) is 6.87. The maximum Gasteiger partial charge on any atom is 0.291 e. The summed E-state index contributed by atoms with van der Waals surface area (Å²) >= 11 is 3.14. The second kappa shape index (κ2) is 4.13. The number of ketones is 1. The molecule has 0 atom stereocenters. The van der Waals surface area contributed by atoms with Crippen molar-refractivity contribution in [3.8, 4) is 0 Å². The van der Waals surface area contributed by atoms with Crippen LogP contribution in [0.3, 0.4) is 0 Å². The van der Waals surface area contributed by atoms with Crippen LogP contribution in [-0.4, -0.2) is 16.7 Å². The summed E-state index contributed by atoms with van der Waals surface area (Å²) in [6, 6.07) is 3.21. The van der Waals surface area contributed by atoms with Crippen LogP contribution in [0.15, 0.2) is 22.9 Å². The van der Waals surface area contributed by atoms with Crippen molar-refractivity contribution >= 4 is 33.3 Å². The number of Topliss-reactive ketones (excluding diaryl/α,β-unsaturated/α-hetero) is 1. The summed E-state index contributed by atoms with van der Waals surface area (Å²) in [5.41, 5.74) is 0.544. The predicted molar refractivity (Wildman–Crippen MR) is 51.2 cm³/mol. The average molecular weight is 243 g/mol. The lowest BCUT2D eigenvalue weighted by Gasteiger charge is -2.01. The van der Waals surface area contributed by atoms with E-state index in [4.69, 9.17) is 0 Å². The molecule has 68 valence electrons. The first-order valence-corrected chi connectivity index (χ1v) is 4.32. The molecule has 0 fully saturated rings. The van der Waals surface area contributed by atoms with Crippen LogP contribution in [-0.2, 0) is 9.59 Å². The molecule has 4 nitrogen and oxygen atoms in total. The van der Waals surface area contributed by atoms with E-state index in [1.54, 1.807) is 12.1 Å². The first kappa shape index (κ1) is 9.85. The Morgan fingerprint density at radius 3 is 2.77 bits per heavy atom. The van der Waals surface area contributed by atoms with Gasteiger partial charge in [-0.2, -0.15) is 0 Å². The van der Waals surface area contributed by atoms with Gasteiger partial charge in [0.05, 0.1) is 0 Å².